The molecule has 1 aromatic rings. The lowest BCUT2D eigenvalue weighted by molar-refractivity contribution is -0.136. The SMILES string of the molecule is CCOC(=O)C1=CN(C(=O)OC(C)(C)C)CC(C)(C)c2c3cn(Cc4ccccc4)ccc-3nc21. The summed E-state index contributed by atoms with van der Waals surface area (Å²) >= 11 is 0. The molecular formula is C28H33N3O4. The fourth-order valence-electron chi connectivity index (χ4n) is 4.46. The van der Waals surface area contributed by atoms with Gasteiger partial charge < -0.3 is 14.0 Å². The first-order chi connectivity index (χ1) is 16.5. The van der Waals surface area contributed by atoms with Crippen LogP contribution in [0.4, 0.5) is 4.79 Å². The van der Waals surface area contributed by atoms with Crippen LogP contribution in [0, 0.1) is 0 Å². The van der Waals surface area contributed by atoms with Crippen LogP contribution in [-0.2, 0) is 26.2 Å². The molecule has 0 saturated heterocycles. The van der Waals surface area contributed by atoms with E-state index in [1.165, 1.54) is 16.7 Å². The van der Waals surface area contributed by atoms with Crippen molar-refractivity contribution in [3.63, 3.8) is 0 Å². The van der Waals surface area contributed by atoms with Crippen LogP contribution in [-0.4, -0.2) is 45.3 Å². The molecular weight excluding hydrogens is 442 g/mol. The molecule has 0 spiro atoms. The highest BCUT2D eigenvalue weighted by Crippen LogP contribution is 2.43. The fourth-order valence-corrected chi connectivity index (χ4v) is 4.46. The molecule has 3 aliphatic heterocycles. The minimum atomic E-state index is -0.665. The van der Waals surface area contributed by atoms with Crippen molar-refractivity contribution in [2.75, 3.05) is 13.2 Å². The Morgan fingerprint density at radius 3 is 2.49 bits per heavy atom. The first kappa shape index (κ1) is 24.5. The summed E-state index contributed by atoms with van der Waals surface area (Å²) in [5.41, 5.74) is 3.47. The summed E-state index contributed by atoms with van der Waals surface area (Å²) in [5.74, 6) is -0.514. The third kappa shape index (κ3) is 5.24. The van der Waals surface area contributed by atoms with Gasteiger partial charge in [-0.3, -0.25) is 4.90 Å². The Morgan fingerprint density at radius 1 is 1.11 bits per heavy atom. The minimum absolute atomic E-state index is 0.221. The highest BCUT2D eigenvalue weighted by molar-refractivity contribution is 6.17. The fraction of sp³-hybridized carbons (Fsp3) is 0.393. The molecule has 184 valence electrons. The zero-order valence-corrected chi connectivity index (χ0v) is 21.3. The molecule has 7 nitrogen and oxygen atoms in total. The molecule has 0 aromatic heterocycles. The number of ether oxygens (including phenoxy) is 2. The molecule has 7 heteroatoms. The normalized spacial score (nSPS) is 15.3. The molecule has 1 aromatic carbocycles. The molecule has 0 fully saturated rings. The Kier molecular flexibility index (Phi) is 6.45. The number of rotatable bonds is 4. The van der Waals surface area contributed by atoms with Gasteiger partial charge in [-0.1, -0.05) is 44.2 Å². The molecule has 35 heavy (non-hydrogen) atoms. The number of amides is 1. The summed E-state index contributed by atoms with van der Waals surface area (Å²) in [7, 11) is 0. The topological polar surface area (TPSA) is 73.7 Å². The van der Waals surface area contributed by atoms with E-state index in [0.29, 0.717) is 18.8 Å². The van der Waals surface area contributed by atoms with Crippen molar-refractivity contribution < 1.29 is 19.1 Å². The Labute approximate surface area is 206 Å². The van der Waals surface area contributed by atoms with E-state index in [-0.39, 0.29) is 12.2 Å². The summed E-state index contributed by atoms with van der Waals surface area (Å²) < 4.78 is 13.1. The van der Waals surface area contributed by atoms with Crippen LogP contribution in [0.25, 0.3) is 16.8 Å². The molecule has 4 rings (SSSR count). The van der Waals surface area contributed by atoms with Gasteiger partial charge in [-0.2, -0.15) is 0 Å². The Balaban J connectivity index is 1.83. The maximum atomic E-state index is 13.1. The Bertz CT molecular complexity index is 1230. The lowest BCUT2D eigenvalue weighted by Crippen LogP contribution is -2.40. The largest absolute Gasteiger partial charge is 0.462 e. The standard InChI is InChI=1S/C28H33N3O4/c1-7-34-25(32)21-17-31(26(33)35-27(2,3)4)18-28(5,6)23-20-16-30(14-13-22(20)29-24(21)23)15-19-11-9-8-10-12-19/h8-14,16-17H,7,15,18H2,1-6H3. The van der Waals surface area contributed by atoms with Gasteiger partial charge in [-0.05, 0) is 44.9 Å². The summed E-state index contributed by atoms with van der Waals surface area (Å²) in [6.45, 7) is 12.6. The Morgan fingerprint density at radius 2 is 1.83 bits per heavy atom. The highest BCUT2D eigenvalue weighted by Gasteiger charge is 2.40. The van der Waals surface area contributed by atoms with Crippen molar-refractivity contribution in [2.24, 2.45) is 0 Å². The van der Waals surface area contributed by atoms with E-state index >= 15 is 0 Å². The van der Waals surface area contributed by atoms with E-state index in [4.69, 9.17) is 14.5 Å². The molecule has 0 radical (unpaired) electrons. The average Bonchev–Trinajstić information content (AvgIpc) is 3.10. The number of pyridine rings is 1. The van der Waals surface area contributed by atoms with Gasteiger partial charge in [0.25, 0.3) is 0 Å². The second-order valence-corrected chi connectivity index (χ2v) is 10.5. The van der Waals surface area contributed by atoms with E-state index in [0.717, 1.165) is 16.8 Å². The van der Waals surface area contributed by atoms with Gasteiger partial charge in [0.05, 0.1) is 18.0 Å². The lowest BCUT2D eigenvalue weighted by atomic mass is 9.81. The van der Waals surface area contributed by atoms with Gasteiger partial charge in [0.15, 0.2) is 0 Å². The summed E-state index contributed by atoms with van der Waals surface area (Å²) in [5, 5.41) is 0. The van der Waals surface area contributed by atoms with Crippen LogP contribution >= 0.6 is 0 Å². The number of carbonyl (C=O) groups is 2. The number of aromatic nitrogens is 2. The zero-order chi connectivity index (χ0) is 25.4. The first-order valence-corrected chi connectivity index (χ1v) is 11.9. The third-order valence-corrected chi connectivity index (χ3v) is 5.85. The smallest absolute Gasteiger partial charge is 0.414 e. The molecule has 0 unspecified atom stereocenters. The second kappa shape index (κ2) is 9.21. The van der Waals surface area contributed by atoms with Gasteiger partial charge >= 0.3 is 12.1 Å². The van der Waals surface area contributed by atoms with Crippen molar-refractivity contribution in [1.29, 1.82) is 0 Å². The summed E-state index contributed by atoms with van der Waals surface area (Å²) in [6.07, 6.45) is 5.09. The molecule has 3 heterocycles. The summed E-state index contributed by atoms with van der Waals surface area (Å²) in [6, 6.07) is 12.2. The summed E-state index contributed by atoms with van der Waals surface area (Å²) in [4.78, 5) is 32.4. The van der Waals surface area contributed by atoms with Gasteiger partial charge in [-0.25, -0.2) is 14.6 Å². The molecule has 0 N–H and O–H groups in total. The molecule has 3 aliphatic rings. The van der Waals surface area contributed by atoms with E-state index < -0.39 is 23.1 Å². The first-order valence-electron chi connectivity index (χ1n) is 11.9. The van der Waals surface area contributed by atoms with Crippen molar-refractivity contribution in [2.45, 2.75) is 59.1 Å². The maximum Gasteiger partial charge on any atom is 0.414 e. The van der Waals surface area contributed by atoms with E-state index in [1.54, 1.807) is 6.92 Å². The van der Waals surface area contributed by atoms with Crippen LogP contribution in [0.5, 0.6) is 0 Å². The van der Waals surface area contributed by atoms with Gasteiger partial charge in [0.1, 0.15) is 11.2 Å². The number of hydrogen-bond acceptors (Lipinski definition) is 5. The van der Waals surface area contributed by atoms with Crippen molar-refractivity contribution in [3.8, 4) is 11.3 Å². The highest BCUT2D eigenvalue weighted by atomic mass is 16.6. The number of hydrogen-bond donors (Lipinski definition) is 0. The quantitative estimate of drug-likeness (QED) is 0.468. The molecule has 0 atom stereocenters. The van der Waals surface area contributed by atoms with Gasteiger partial charge in [0, 0.05) is 42.7 Å². The zero-order valence-electron chi connectivity index (χ0n) is 21.3. The molecule has 0 bridgehead atoms. The van der Waals surface area contributed by atoms with Crippen molar-refractivity contribution >= 4 is 17.6 Å². The molecule has 0 saturated carbocycles. The van der Waals surface area contributed by atoms with Gasteiger partial charge in [-0.15, -0.1) is 0 Å². The monoisotopic (exact) mass is 475 g/mol. The van der Waals surface area contributed by atoms with Crippen LogP contribution < -0.4 is 0 Å². The van der Waals surface area contributed by atoms with E-state index in [2.05, 4.69) is 36.7 Å². The van der Waals surface area contributed by atoms with Crippen LogP contribution in [0.15, 0.2) is 55.0 Å². The van der Waals surface area contributed by atoms with Crippen LogP contribution in [0.3, 0.4) is 0 Å². The third-order valence-electron chi connectivity index (χ3n) is 5.85. The number of fused-ring (bicyclic) bond motifs is 3. The van der Waals surface area contributed by atoms with Gasteiger partial charge in [0.2, 0.25) is 0 Å². The van der Waals surface area contributed by atoms with Crippen molar-refractivity contribution in [1.82, 2.24) is 14.5 Å². The van der Waals surface area contributed by atoms with Crippen LogP contribution in [0.1, 0.15) is 58.4 Å². The predicted octanol–water partition coefficient (Wildman–Crippen LogP) is 5.47. The number of esters is 1. The second-order valence-electron chi connectivity index (χ2n) is 10.5. The lowest BCUT2D eigenvalue weighted by Gasteiger charge is -2.31. The average molecular weight is 476 g/mol. The molecule has 0 aliphatic carbocycles. The number of benzene rings is 1. The van der Waals surface area contributed by atoms with E-state index in [1.807, 2.05) is 51.2 Å². The van der Waals surface area contributed by atoms with Crippen LogP contribution in [0.2, 0.25) is 0 Å². The molecule has 1 amide bonds. The van der Waals surface area contributed by atoms with Crippen molar-refractivity contribution in [3.05, 3.63) is 71.8 Å². The maximum absolute atomic E-state index is 13.1. The number of nitrogens with zero attached hydrogens (tertiary/aromatic N) is 3. The van der Waals surface area contributed by atoms with E-state index in [9.17, 15) is 9.59 Å². The minimum Gasteiger partial charge on any atom is -0.462 e. The number of carbonyl (C=O) groups excluding carboxylic acids is 2. The Hall–Kier alpha value is -3.61. The predicted molar refractivity (Wildman–Crippen MR) is 135 cm³/mol.